The number of piperidine rings is 1. The molecule has 10 nitrogen and oxygen atoms in total. The molecule has 0 saturated carbocycles. The van der Waals surface area contributed by atoms with Crippen molar-refractivity contribution in [3.05, 3.63) is 95.1 Å². The first kappa shape index (κ1) is 38.1. The van der Waals surface area contributed by atoms with Crippen molar-refractivity contribution >= 4 is 29.3 Å². The van der Waals surface area contributed by atoms with Gasteiger partial charge in [0.1, 0.15) is 17.8 Å². The van der Waals surface area contributed by atoms with E-state index in [0.717, 1.165) is 34.4 Å². The summed E-state index contributed by atoms with van der Waals surface area (Å²) in [5, 5.41) is 15.8. The molecular weight excluding hydrogens is 630 g/mol. The van der Waals surface area contributed by atoms with Gasteiger partial charge in [-0.1, -0.05) is 75.2 Å². The molecule has 10 heteroatoms. The molecular formula is C40H53N5O5. The molecule has 1 heterocycles. The Kier molecular flexibility index (Phi) is 14.0. The summed E-state index contributed by atoms with van der Waals surface area (Å²) in [7, 11) is 0. The van der Waals surface area contributed by atoms with Crippen molar-refractivity contribution in [1.29, 1.82) is 0 Å². The Morgan fingerprint density at radius 1 is 0.860 bits per heavy atom. The van der Waals surface area contributed by atoms with Crippen LogP contribution in [0.2, 0.25) is 0 Å². The molecule has 0 spiro atoms. The number of amides is 4. The molecule has 5 N–H and O–H groups in total. The number of hydrogen-bond donors (Lipinski definition) is 4. The minimum Gasteiger partial charge on any atom is -0.508 e. The number of likely N-dealkylation sites (tertiary alicyclic amines) is 1. The molecule has 3 atom stereocenters. The van der Waals surface area contributed by atoms with Crippen molar-refractivity contribution in [3.8, 4) is 5.75 Å². The lowest BCUT2D eigenvalue weighted by Gasteiger charge is -2.39. The van der Waals surface area contributed by atoms with Gasteiger partial charge in [-0.3, -0.25) is 19.2 Å². The van der Waals surface area contributed by atoms with Crippen LogP contribution in [0.4, 0.5) is 5.69 Å². The van der Waals surface area contributed by atoms with Crippen LogP contribution in [0.1, 0.15) is 74.6 Å². The Morgan fingerprint density at radius 2 is 1.44 bits per heavy atom. The van der Waals surface area contributed by atoms with Crippen LogP contribution < -0.4 is 21.3 Å². The van der Waals surface area contributed by atoms with Gasteiger partial charge in [0, 0.05) is 37.7 Å². The molecule has 3 aromatic rings. The summed E-state index contributed by atoms with van der Waals surface area (Å²) in [4.78, 5) is 58.0. The number of benzene rings is 3. The second-order valence-electron chi connectivity index (χ2n) is 13.3. The van der Waals surface area contributed by atoms with Gasteiger partial charge in [0.2, 0.25) is 23.6 Å². The third-order valence-electron chi connectivity index (χ3n) is 9.56. The lowest BCUT2D eigenvalue weighted by molar-refractivity contribution is -0.138. The van der Waals surface area contributed by atoms with Crippen LogP contribution in [0, 0.1) is 13.8 Å². The van der Waals surface area contributed by atoms with Gasteiger partial charge in [-0.25, -0.2) is 0 Å². The summed E-state index contributed by atoms with van der Waals surface area (Å²) < 4.78 is 0. The number of nitrogens with zero attached hydrogens (tertiary/aromatic N) is 2. The summed E-state index contributed by atoms with van der Waals surface area (Å²) in [5.41, 5.74) is 10.7. The van der Waals surface area contributed by atoms with Crippen LogP contribution >= 0.6 is 0 Å². The summed E-state index contributed by atoms with van der Waals surface area (Å²) in [6.45, 7) is 8.49. The molecule has 1 saturated heterocycles. The molecule has 0 aromatic heterocycles. The second kappa shape index (κ2) is 18.3. The normalized spacial score (nSPS) is 15.1. The van der Waals surface area contributed by atoms with E-state index in [1.807, 2.05) is 93.3 Å². The summed E-state index contributed by atoms with van der Waals surface area (Å²) in [6.07, 6.45) is 4.08. The number of nitrogens with one attached hydrogen (secondary N) is 2. The van der Waals surface area contributed by atoms with E-state index in [9.17, 15) is 24.3 Å². The SMILES string of the molecule is CCCC[C@@H](NC(=O)[C@@H](N)Cc1c(C)cc(O)cc1C)C(=O)N[C@@H](Cc1ccccc1)C(=O)N1CCC(N(C(=O)CC)c2ccccc2)CC1. The zero-order valence-electron chi connectivity index (χ0n) is 29.9. The monoisotopic (exact) mass is 683 g/mol. The maximum absolute atomic E-state index is 14.1. The Bertz CT molecular complexity index is 1570. The van der Waals surface area contributed by atoms with Crippen LogP contribution in [0.3, 0.4) is 0 Å². The van der Waals surface area contributed by atoms with Crippen molar-refractivity contribution in [2.45, 2.75) is 103 Å². The standard InChI is InChI=1S/C40H53N5O5/c1-5-7-18-35(42-38(48)34(41)26-33-27(3)23-32(46)24-28(33)4)39(49)43-36(25-29-14-10-8-11-15-29)40(50)44-21-19-31(20-22-44)45(37(47)6-2)30-16-12-9-13-17-30/h8-17,23-24,31,34-36,46H,5-7,18-22,25-26,41H2,1-4H3,(H,42,48)(H,43,49)/t34-,35+,36-/m0/s1. The van der Waals surface area contributed by atoms with Gasteiger partial charge in [0.15, 0.2) is 0 Å². The molecule has 1 aliphatic rings. The number of anilines is 1. The third kappa shape index (κ3) is 10.2. The van der Waals surface area contributed by atoms with E-state index < -0.39 is 29.9 Å². The number of nitrogens with two attached hydrogens (primary N) is 1. The molecule has 0 aliphatic carbocycles. The molecule has 3 aromatic carbocycles. The van der Waals surface area contributed by atoms with Crippen molar-refractivity contribution in [1.82, 2.24) is 15.5 Å². The maximum Gasteiger partial charge on any atom is 0.245 e. The summed E-state index contributed by atoms with van der Waals surface area (Å²) >= 11 is 0. The van der Waals surface area contributed by atoms with Gasteiger partial charge in [-0.15, -0.1) is 0 Å². The van der Waals surface area contributed by atoms with E-state index in [1.54, 1.807) is 17.0 Å². The molecule has 0 radical (unpaired) electrons. The number of aromatic hydroxyl groups is 1. The van der Waals surface area contributed by atoms with Crippen molar-refractivity contribution < 1.29 is 24.3 Å². The molecule has 1 fully saturated rings. The predicted molar refractivity (Wildman–Crippen MR) is 197 cm³/mol. The van der Waals surface area contributed by atoms with Crippen molar-refractivity contribution in [2.24, 2.45) is 5.73 Å². The van der Waals surface area contributed by atoms with Gasteiger partial charge in [0.25, 0.3) is 0 Å². The zero-order chi connectivity index (χ0) is 36.2. The largest absolute Gasteiger partial charge is 0.508 e. The number of phenols is 1. The number of carbonyl (C=O) groups is 4. The van der Waals surface area contributed by atoms with Crippen LogP contribution in [0.15, 0.2) is 72.8 Å². The lowest BCUT2D eigenvalue weighted by Crippen LogP contribution is -2.58. The van der Waals surface area contributed by atoms with E-state index in [2.05, 4.69) is 10.6 Å². The van der Waals surface area contributed by atoms with Gasteiger partial charge in [-0.05, 0) is 86.1 Å². The highest BCUT2D eigenvalue weighted by molar-refractivity contribution is 5.94. The Labute approximate surface area is 296 Å². The molecule has 0 unspecified atom stereocenters. The maximum atomic E-state index is 14.1. The number of rotatable bonds is 15. The molecule has 268 valence electrons. The number of para-hydroxylation sites is 1. The van der Waals surface area contributed by atoms with Gasteiger partial charge >= 0.3 is 0 Å². The molecule has 4 amide bonds. The van der Waals surface area contributed by atoms with Crippen molar-refractivity contribution in [3.63, 3.8) is 0 Å². The van der Waals surface area contributed by atoms with Crippen molar-refractivity contribution in [2.75, 3.05) is 18.0 Å². The first-order valence-electron chi connectivity index (χ1n) is 17.9. The zero-order valence-corrected chi connectivity index (χ0v) is 29.9. The van der Waals surface area contributed by atoms with Gasteiger partial charge < -0.3 is 31.3 Å². The number of unbranched alkanes of at least 4 members (excludes halogenated alkanes) is 1. The van der Waals surface area contributed by atoms with E-state index >= 15 is 0 Å². The number of hydrogen-bond acceptors (Lipinski definition) is 6. The second-order valence-corrected chi connectivity index (χ2v) is 13.3. The molecule has 4 rings (SSSR count). The first-order valence-corrected chi connectivity index (χ1v) is 17.9. The first-order chi connectivity index (χ1) is 24.0. The highest BCUT2D eigenvalue weighted by Gasteiger charge is 2.34. The summed E-state index contributed by atoms with van der Waals surface area (Å²) in [5.74, 6) is -0.870. The van der Waals surface area contributed by atoms with Crippen LogP contribution in [-0.2, 0) is 32.0 Å². The quantitative estimate of drug-likeness (QED) is 0.183. The average Bonchev–Trinajstić information content (AvgIpc) is 3.11. The fourth-order valence-electron chi connectivity index (χ4n) is 6.77. The van der Waals surface area contributed by atoms with Gasteiger partial charge in [-0.2, -0.15) is 0 Å². The number of carbonyl (C=O) groups excluding carboxylic acids is 4. The van der Waals surface area contributed by atoms with Crippen LogP contribution in [0.25, 0.3) is 0 Å². The van der Waals surface area contributed by atoms with E-state index in [4.69, 9.17) is 5.73 Å². The highest BCUT2D eigenvalue weighted by atomic mass is 16.3. The van der Waals surface area contributed by atoms with E-state index in [-0.39, 0.29) is 30.0 Å². The van der Waals surface area contributed by atoms with Gasteiger partial charge in [0.05, 0.1) is 6.04 Å². The minimum absolute atomic E-state index is 0.0388. The lowest BCUT2D eigenvalue weighted by atomic mass is 9.95. The van der Waals surface area contributed by atoms with Crippen LogP contribution in [0.5, 0.6) is 5.75 Å². The molecule has 0 bridgehead atoms. The van der Waals surface area contributed by atoms with E-state index in [1.165, 1.54) is 0 Å². The molecule has 1 aliphatic heterocycles. The molecule has 50 heavy (non-hydrogen) atoms. The number of phenolic OH excluding ortho intramolecular Hbond substituents is 1. The fraction of sp³-hybridized carbons (Fsp3) is 0.450. The Morgan fingerprint density at radius 3 is 2.02 bits per heavy atom. The topological polar surface area (TPSA) is 145 Å². The van der Waals surface area contributed by atoms with Crippen LogP contribution in [-0.4, -0.2) is 70.9 Å². The predicted octanol–water partition coefficient (Wildman–Crippen LogP) is 4.72. The minimum atomic E-state index is -0.910. The highest BCUT2D eigenvalue weighted by Crippen LogP contribution is 2.26. The average molecular weight is 684 g/mol. The third-order valence-corrected chi connectivity index (χ3v) is 9.56. The Hall–Kier alpha value is -4.70. The fourth-order valence-corrected chi connectivity index (χ4v) is 6.77. The number of aryl methyl sites for hydroxylation is 2. The smallest absolute Gasteiger partial charge is 0.245 e. The van der Waals surface area contributed by atoms with E-state index in [0.29, 0.717) is 51.6 Å². The Balaban J connectivity index is 1.47. The summed E-state index contributed by atoms with van der Waals surface area (Å²) in [6, 6.07) is 19.8.